The number of aliphatic hydroxyl groups is 1. The Morgan fingerprint density at radius 1 is 1.05 bits per heavy atom. The highest BCUT2D eigenvalue weighted by Crippen LogP contribution is 2.45. The third-order valence-electron chi connectivity index (χ3n) is 8.45. The molecule has 2 atom stereocenters. The number of amides is 2. The first-order valence-electron chi connectivity index (χ1n) is 15.2. The maximum absolute atomic E-state index is 13.6. The Morgan fingerprint density at radius 2 is 1.81 bits per heavy atom. The minimum atomic E-state index is -1.25. The van der Waals surface area contributed by atoms with Crippen LogP contribution in [0.4, 0.5) is 0 Å². The maximum atomic E-state index is 13.6. The monoisotopic (exact) mass is 589 g/mol. The van der Waals surface area contributed by atoms with E-state index in [0.29, 0.717) is 49.5 Å². The van der Waals surface area contributed by atoms with Crippen molar-refractivity contribution in [3.63, 3.8) is 0 Å². The second-order valence-corrected chi connectivity index (χ2v) is 11.7. The van der Waals surface area contributed by atoms with Crippen molar-refractivity contribution >= 4 is 23.4 Å². The molecule has 7 heteroatoms. The highest BCUT2D eigenvalue weighted by molar-refractivity contribution is 6.33. The smallest absolute Gasteiger partial charge is 0.253 e. The lowest BCUT2D eigenvalue weighted by Crippen LogP contribution is -2.48. The first-order chi connectivity index (χ1) is 20.3. The first-order valence-corrected chi connectivity index (χ1v) is 15.6. The van der Waals surface area contributed by atoms with Gasteiger partial charge in [0, 0.05) is 54.7 Å². The summed E-state index contributed by atoms with van der Waals surface area (Å²) in [5.41, 5.74) is 4.29. The van der Waals surface area contributed by atoms with Crippen LogP contribution in [0.5, 0.6) is 0 Å². The standard InChI is InChI=1S/C35H44ClN3O3/c1-4-25-10-6-11-28(22-25)33-30(13-7-14-31(33)36)35(42,19-9-20-38-32(40)5-2)29-12-8-21-39(24-29)34(41)27-17-15-26(16-18-27)23-37-3/h6-7,10-11,13-18,22,29,37,42H,4-5,8-9,12,19-21,23-24H2,1-3H3,(H,38,40)/t29?,35-/m1/s1. The minimum Gasteiger partial charge on any atom is -0.385 e. The summed E-state index contributed by atoms with van der Waals surface area (Å²) >= 11 is 6.88. The normalized spacial score (nSPS) is 16.6. The van der Waals surface area contributed by atoms with E-state index < -0.39 is 5.60 Å². The molecule has 1 heterocycles. The van der Waals surface area contributed by atoms with Gasteiger partial charge in [0.25, 0.3) is 5.91 Å². The van der Waals surface area contributed by atoms with Crippen molar-refractivity contribution in [1.82, 2.24) is 15.5 Å². The highest BCUT2D eigenvalue weighted by Gasteiger charge is 2.43. The average Bonchev–Trinajstić information content (AvgIpc) is 3.03. The molecule has 0 bridgehead atoms. The second-order valence-electron chi connectivity index (χ2n) is 11.3. The molecule has 3 N–H and O–H groups in total. The number of rotatable bonds is 12. The SMILES string of the molecule is CCC(=O)NCCC[C@](O)(c1cccc(Cl)c1-c1cccc(CC)c1)C1CCCN(C(=O)c2ccc(CNC)cc2)C1. The molecule has 6 nitrogen and oxygen atoms in total. The number of halogens is 1. The molecule has 1 fully saturated rings. The maximum Gasteiger partial charge on any atom is 0.253 e. The number of aryl methyl sites for hydroxylation is 1. The van der Waals surface area contributed by atoms with Crippen molar-refractivity contribution < 1.29 is 14.7 Å². The van der Waals surface area contributed by atoms with Gasteiger partial charge >= 0.3 is 0 Å². The van der Waals surface area contributed by atoms with E-state index in [1.165, 1.54) is 5.56 Å². The van der Waals surface area contributed by atoms with Gasteiger partial charge in [0.2, 0.25) is 5.91 Å². The Balaban J connectivity index is 1.69. The van der Waals surface area contributed by atoms with Crippen LogP contribution in [0.3, 0.4) is 0 Å². The van der Waals surface area contributed by atoms with Crippen molar-refractivity contribution in [3.8, 4) is 11.1 Å². The van der Waals surface area contributed by atoms with Crippen molar-refractivity contribution in [2.24, 2.45) is 5.92 Å². The van der Waals surface area contributed by atoms with Crippen molar-refractivity contribution in [1.29, 1.82) is 0 Å². The molecular weight excluding hydrogens is 546 g/mol. The summed E-state index contributed by atoms with van der Waals surface area (Å²) in [7, 11) is 1.90. The molecule has 3 aromatic carbocycles. The van der Waals surface area contributed by atoms with E-state index in [1.54, 1.807) is 0 Å². The number of nitrogens with zero attached hydrogens (tertiary/aromatic N) is 1. The van der Waals surface area contributed by atoms with E-state index in [-0.39, 0.29) is 17.7 Å². The van der Waals surface area contributed by atoms with Gasteiger partial charge in [-0.1, -0.05) is 74.0 Å². The van der Waals surface area contributed by atoms with Gasteiger partial charge in [-0.25, -0.2) is 0 Å². The van der Waals surface area contributed by atoms with Gasteiger partial charge in [0.1, 0.15) is 0 Å². The van der Waals surface area contributed by atoms with Crippen LogP contribution in [-0.4, -0.2) is 48.5 Å². The molecule has 0 aliphatic carbocycles. The highest BCUT2D eigenvalue weighted by atomic mass is 35.5. The van der Waals surface area contributed by atoms with Crippen LogP contribution in [0, 0.1) is 5.92 Å². The zero-order valence-corrected chi connectivity index (χ0v) is 25.8. The molecule has 0 saturated carbocycles. The van der Waals surface area contributed by atoms with Crippen molar-refractivity contribution in [2.45, 2.75) is 64.5 Å². The van der Waals surface area contributed by atoms with Crippen molar-refractivity contribution in [3.05, 3.63) is 94.0 Å². The van der Waals surface area contributed by atoms with Crippen LogP contribution in [0.1, 0.15) is 73.0 Å². The molecule has 42 heavy (non-hydrogen) atoms. The van der Waals surface area contributed by atoms with Crippen molar-refractivity contribution in [2.75, 3.05) is 26.7 Å². The predicted octanol–water partition coefficient (Wildman–Crippen LogP) is 6.34. The first kappa shape index (κ1) is 31.7. The zero-order valence-electron chi connectivity index (χ0n) is 25.1. The predicted molar refractivity (Wildman–Crippen MR) is 171 cm³/mol. The number of piperidine rings is 1. The molecule has 0 spiro atoms. The van der Waals surface area contributed by atoms with E-state index in [2.05, 4.69) is 29.7 Å². The lowest BCUT2D eigenvalue weighted by atomic mass is 9.72. The summed E-state index contributed by atoms with van der Waals surface area (Å²) in [6.07, 6.45) is 3.93. The number of carbonyl (C=O) groups is 2. The van der Waals surface area contributed by atoms with E-state index >= 15 is 0 Å². The van der Waals surface area contributed by atoms with E-state index in [0.717, 1.165) is 48.1 Å². The third-order valence-corrected chi connectivity index (χ3v) is 8.76. The zero-order chi connectivity index (χ0) is 30.1. The molecule has 1 aliphatic rings. The molecule has 4 rings (SSSR count). The molecule has 3 aromatic rings. The van der Waals surface area contributed by atoms with Gasteiger partial charge in [0.05, 0.1) is 5.60 Å². The Labute approximate surface area is 255 Å². The van der Waals surface area contributed by atoms with Gasteiger partial charge in [0.15, 0.2) is 0 Å². The van der Waals surface area contributed by atoms with Crippen LogP contribution in [0.25, 0.3) is 11.1 Å². The van der Waals surface area contributed by atoms with Gasteiger partial charge < -0.3 is 20.6 Å². The van der Waals surface area contributed by atoms with Crippen LogP contribution in [0.2, 0.25) is 5.02 Å². The largest absolute Gasteiger partial charge is 0.385 e. The fourth-order valence-electron chi connectivity index (χ4n) is 6.10. The Hall–Kier alpha value is -3.19. The van der Waals surface area contributed by atoms with E-state index in [4.69, 9.17) is 11.6 Å². The van der Waals surface area contributed by atoms with Crippen LogP contribution in [0.15, 0.2) is 66.7 Å². The summed E-state index contributed by atoms with van der Waals surface area (Å²) in [6.45, 7) is 6.26. The lowest BCUT2D eigenvalue weighted by Gasteiger charge is -2.44. The second kappa shape index (κ2) is 14.8. The number of hydrogen-bond acceptors (Lipinski definition) is 4. The Kier molecular flexibility index (Phi) is 11.2. The average molecular weight is 590 g/mol. The number of nitrogens with one attached hydrogen (secondary N) is 2. The molecule has 224 valence electrons. The summed E-state index contributed by atoms with van der Waals surface area (Å²) in [4.78, 5) is 27.4. The molecule has 1 unspecified atom stereocenters. The van der Waals surface area contributed by atoms with Crippen LogP contribution < -0.4 is 10.6 Å². The molecule has 2 amide bonds. The summed E-state index contributed by atoms with van der Waals surface area (Å²) in [5, 5.41) is 19.4. The van der Waals surface area contributed by atoms with Gasteiger partial charge in [-0.3, -0.25) is 9.59 Å². The van der Waals surface area contributed by atoms with Gasteiger partial charge in [-0.05, 0) is 79.6 Å². The topological polar surface area (TPSA) is 81.7 Å². The molecule has 0 radical (unpaired) electrons. The lowest BCUT2D eigenvalue weighted by molar-refractivity contribution is -0.120. The van der Waals surface area contributed by atoms with E-state index in [9.17, 15) is 14.7 Å². The Bertz CT molecular complexity index is 1360. The third kappa shape index (κ3) is 7.41. The van der Waals surface area contributed by atoms with E-state index in [1.807, 2.05) is 73.5 Å². The van der Waals surface area contributed by atoms with Crippen LogP contribution in [-0.2, 0) is 23.4 Å². The molecular formula is C35H44ClN3O3. The van der Waals surface area contributed by atoms with Gasteiger partial charge in [-0.2, -0.15) is 0 Å². The molecule has 1 aliphatic heterocycles. The minimum absolute atomic E-state index is 0.00598. The quantitative estimate of drug-likeness (QED) is 0.215. The van der Waals surface area contributed by atoms with Gasteiger partial charge in [-0.15, -0.1) is 0 Å². The summed E-state index contributed by atoms with van der Waals surface area (Å²) < 4.78 is 0. The fraction of sp³-hybridized carbons (Fsp3) is 0.429. The number of carbonyl (C=O) groups excluding carboxylic acids is 2. The molecule has 1 saturated heterocycles. The Morgan fingerprint density at radius 3 is 2.52 bits per heavy atom. The molecule has 0 aromatic heterocycles. The van der Waals surface area contributed by atoms with Crippen LogP contribution >= 0.6 is 11.6 Å². The number of benzene rings is 3. The number of likely N-dealkylation sites (tertiary alicyclic amines) is 1. The summed E-state index contributed by atoms with van der Waals surface area (Å²) in [5.74, 6) is -0.226. The fourth-order valence-corrected chi connectivity index (χ4v) is 6.38. The number of hydrogen-bond donors (Lipinski definition) is 3. The summed E-state index contributed by atoms with van der Waals surface area (Å²) in [6, 6.07) is 21.8.